The summed E-state index contributed by atoms with van der Waals surface area (Å²) in [7, 11) is -3.86. The van der Waals surface area contributed by atoms with E-state index < -0.39 is 39.9 Å². The maximum Gasteiger partial charge on any atom is 0.341 e. The molecule has 7 nitrogen and oxygen atoms in total. The maximum atomic E-state index is 14.1. The number of rotatable bonds is 10. The van der Waals surface area contributed by atoms with Crippen LogP contribution in [0.5, 0.6) is 0 Å². The van der Waals surface area contributed by atoms with E-state index in [1.54, 1.807) is 27.7 Å². The van der Waals surface area contributed by atoms with Gasteiger partial charge in [0.25, 0.3) is 5.91 Å². The average Bonchev–Trinajstić information content (AvgIpc) is 2.64. The number of sulfonamides is 1. The summed E-state index contributed by atoms with van der Waals surface area (Å²) >= 11 is 0. The predicted octanol–water partition coefficient (Wildman–Crippen LogP) is 2.44. The highest BCUT2D eigenvalue weighted by Gasteiger charge is 2.25. The zero-order chi connectivity index (χ0) is 21.5. The van der Waals surface area contributed by atoms with Crippen LogP contribution in [0.25, 0.3) is 0 Å². The van der Waals surface area contributed by atoms with E-state index in [2.05, 4.69) is 6.58 Å². The fourth-order valence-corrected chi connectivity index (χ4v) is 4.02. The van der Waals surface area contributed by atoms with E-state index in [1.165, 1.54) is 9.21 Å². The molecule has 0 N–H and O–H groups in total. The van der Waals surface area contributed by atoms with Crippen molar-refractivity contribution < 1.29 is 27.1 Å². The molecule has 0 aromatic heterocycles. The second-order valence-corrected chi connectivity index (χ2v) is 8.11. The smallest absolute Gasteiger partial charge is 0.341 e. The van der Waals surface area contributed by atoms with Crippen molar-refractivity contribution in [2.45, 2.75) is 32.6 Å². The van der Waals surface area contributed by atoms with Crippen LogP contribution in [-0.4, -0.2) is 62.3 Å². The van der Waals surface area contributed by atoms with E-state index in [-0.39, 0.29) is 18.0 Å². The summed E-state index contributed by atoms with van der Waals surface area (Å²) in [6, 6.07) is 2.92. The molecule has 0 bridgehead atoms. The van der Waals surface area contributed by atoms with Crippen LogP contribution in [0.15, 0.2) is 35.2 Å². The van der Waals surface area contributed by atoms with Crippen molar-refractivity contribution in [2.24, 2.45) is 0 Å². The van der Waals surface area contributed by atoms with Gasteiger partial charge in [0.05, 0.1) is 10.5 Å². The highest BCUT2D eigenvalue weighted by atomic mass is 32.2. The lowest BCUT2D eigenvalue weighted by Crippen LogP contribution is -2.35. The highest BCUT2D eigenvalue weighted by molar-refractivity contribution is 7.89. The minimum atomic E-state index is -3.86. The number of carbonyl (C=O) groups excluding carboxylic acids is 2. The summed E-state index contributed by atoms with van der Waals surface area (Å²) in [6.45, 7) is 11.2. The molecule has 156 valence electrons. The molecule has 0 aliphatic carbocycles. The van der Waals surface area contributed by atoms with Gasteiger partial charge in [0.2, 0.25) is 10.0 Å². The van der Waals surface area contributed by atoms with Crippen molar-refractivity contribution in [1.82, 2.24) is 9.21 Å². The molecule has 9 heteroatoms. The number of hydrogen-bond acceptors (Lipinski definition) is 5. The topological polar surface area (TPSA) is 84.0 Å². The Balaban J connectivity index is 3.00. The number of ether oxygens (including phenoxy) is 1. The summed E-state index contributed by atoms with van der Waals surface area (Å²) in [5, 5.41) is 0. The lowest BCUT2D eigenvalue weighted by Gasteiger charge is -2.21. The number of nitrogens with zero attached hydrogens (tertiary/aromatic N) is 2. The zero-order valence-corrected chi connectivity index (χ0v) is 17.5. The van der Waals surface area contributed by atoms with Crippen LogP contribution < -0.4 is 0 Å². The fourth-order valence-electron chi connectivity index (χ4n) is 2.53. The molecule has 0 saturated carbocycles. The fraction of sp³-hybridized carbons (Fsp3) is 0.474. The van der Waals surface area contributed by atoms with Crippen molar-refractivity contribution in [3.05, 3.63) is 41.7 Å². The van der Waals surface area contributed by atoms with Crippen LogP contribution in [0, 0.1) is 5.82 Å². The first-order chi connectivity index (χ1) is 13.1. The standard InChI is InChI=1S/C19H27FN2O5S/c1-6-21(12-14(4)5)18(23)13-27-19(24)16-11-15(9-10-17(16)20)28(25,26)22(7-2)8-3/h9-11H,4,6-8,12-13H2,1-3,5H3. The minimum absolute atomic E-state index is 0.214. The molecule has 0 heterocycles. The number of hydrogen-bond donors (Lipinski definition) is 0. The second kappa shape index (κ2) is 10.3. The molecule has 0 saturated heterocycles. The minimum Gasteiger partial charge on any atom is -0.452 e. The second-order valence-electron chi connectivity index (χ2n) is 6.17. The summed E-state index contributed by atoms with van der Waals surface area (Å²) < 4.78 is 45.3. The molecular formula is C19H27FN2O5S. The molecule has 1 amide bonds. The molecule has 1 aromatic rings. The van der Waals surface area contributed by atoms with Gasteiger partial charge in [-0.15, -0.1) is 0 Å². The van der Waals surface area contributed by atoms with Crippen LogP contribution in [0.2, 0.25) is 0 Å². The number of likely N-dealkylation sites (N-methyl/N-ethyl adjacent to an activating group) is 1. The largest absolute Gasteiger partial charge is 0.452 e. The number of esters is 1. The lowest BCUT2D eigenvalue weighted by molar-refractivity contribution is -0.133. The Kier molecular flexibility index (Phi) is 8.77. The average molecular weight is 414 g/mol. The van der Waals surface area contributed by atoms with Crippen molar-refractivity contribution >= 4 is 21.9 Å². The first kappa shape index (κ1) is 23.8. The van der Waals surface area contributed by atoms with Gasteiger partial charge < -0.3 is 9.64 Å². The van der Waals surface area contributed by atoms with Crippen molar-refractivity contribution in [3.8, 4) is 0 Å². The number of carbonyl (C=O) groups is 2. The number of benzene rings is 1. The van der Waals surface area contributed by atoms with E-state index >= 15 is 0 Å². The van der Waals surface area contributed by atoms with E-state index in [0.717, 1.165) is 23.8 Å². The van der Waals surface area contributed by atoms with Crippen LogP contribution in [-0.2, 0) is 19.6 Å². The third kappa shape index (κ3) is 5.87. The monoisotopic (exact) mass is 414 g/mol. The molecule has 0 aliphatic heterocycles. The van der Waals surface area contributed by atoms with E-state index in [4.69, 9.17) is 4.74 Å². The molecule has 0 aliphatic rings. The summed E-state index contributed by atoms with van der Waals surface area (Å²) in [6.07, 6.45) is 0. The molecule has 0 fully saturated rings. The third-order valence-corrected chi connectivity index (χ3v) is 6.07. The summed E-state index contributed by atoms with van der Waals surface area (Å²) in [5.41, 5.74) is 0.228. The van der Waals surface area contributed by atoms with Gasteiger partial charge in [0.1, 0.15) is 5.82 Å². The first-order valence-electron chi connectivity index (χ1n) is 8.97. The highest BCUT2D eigenvalue weighted by Crippen LogP contribution is 2.20. The van der Waals surface area contributed by atoms with Gasteiger partial charge in [0.15, 0.2) is 6.61 Å². The molecule has 0 radical (unpaired) electrons. The Labute approximate surface area is 165 Å². The van der Waals surface area contributed by atoms with Gasteiger partial charge in [-0.25, -0.2) is 17.6 Å². The zero-order valence-electron chi connectivity index (χ0n) is 16.7. The van der Waals surface area contributed by atoms with Gasteiger partial charge in [-0.3, -0.25) is 4.79 Å². The van der Waals surface area contributed by atoms with Crippen molar-refractivity contribution in [3.63, 3.8) is 0 Å². The Hall–Kier alpha value is -2.26. The van der Waals surface area contributed by atoms with Crippen LogP contribution in [0.1, 0.15) is 38.1 Å². The van der Waals surface area contributed by atoms with Crippen LogP contribution >= 0.6 is 0 Å². The quantitative estimate of drug-likeness (QED) is 0.434. The third-order valence-electron chi connectivity index (χ3n) is 4.02. The van der Waals surface area contributed by atoms with Gasteiger partial charge in [0, 0.05) is 26.2 Å². The van der Waals surface area contributed by atoms with Gasteiger partial charge >= 0.3 is 5.97 Å². The summed E-state index contributed by atoms with van der Waals surface area (Å²) in [4.78, 5) is 25.6. The Morgan fingerprint density at radius 1 is 1.14 bits per heavy atom. The molecule has 0 unspecified atom stereocenters. The normalized spacial score (nSPS) is 11.4. The molecule has 1 rings (SSSR count). The molecule has 1 aromatic carbocycles. The summed E-state index contributed by atoms with van der Waals surface area (Å²) in [5.74, 6) is -2.48. The SMILES string of the molecule is C=C(C)CN(CC)C(=O)COC(=O)c1cc(S(=O)(=O)N(CC)CC)ccc1F. The number of halogens is 1. The number of amides is 1. The first-order valence-corrected chi connectivity index (χ1v) is 10.4. The Morgan fingerprint density at radius 3 is 2.25 bits per heavy atom. The molecular weight excluding hydrogens is 387 g/mol. The van der Waals surface area contributed by atoms with Gasteiger partial charge in [-0.2, -0.15) is 4.31 Å². The molecule has 0 spiro atoms. The maximum absolute atomic E-state index is 14.1. The predicted molar refractivity (Wildman–Crippen MR) is 104 cm³/mol. The lowest BCUT2D eigenvalue weighted by atomic mass is 10.2. The van der Waals surface area contributed by atoms with Gasteiger partial charge in [-0.05, 0) is 32.0 Å². The molecule has 0 atom stereocenters. The Morgan fingerprint density at radius 2 is 1.75 bits per heavy atom. The van der Waals surface area contributed by atoms with Crippen LogP contribution in [0.4, 0.5) is 4.39 Å². The van der Waals surface area contributed by atoms with E-state index in [0.29, 0.717) is 13.1 Å². The van der Waals surface area contributed by atoms with Crippen molar-refractivity contribution in [1.29, 1.82) is 0 Å². The van der Waals surface area contributed by atoms with Crippen molar-refractivity contribution in [2.75, 3.05) is 32.8 Å². The van der Waals surface area contributed by atoms with E-state index in [1.807, 2.05) is 0 Å². The van der Waals surface area contributed by atoms with Gasteiger partial charge in [-0.1, -0.05) is 26.0 Å². The Bertz CT molecular complexity index is 835. The van der Waals surface area contributed by atoms with Crippen LogP contribution in [0.3, 0.4) is 0 Å². The molecule has 28 heavy (non-hydrogen) atoms. The van der Waals surface area contributed by atoms with E-state index in [9.17, 15) is 22.4 Å².